The number of rotatable bonds is 4. The van der Waals surface area contributed by atoms with Crippen LogP contribution < -0.4 is 4.74 Å². The van der Waals surface area contributed by atoms with E-state index in [0.29, 0.717) is 37.6 Å². The van der Waals surface area contributed by atoms with Crippen molar-refractivity contribution in [2.24, 2.45) is 5.92 Å². The molecule has 0 N–H and O–H groups in total. The van der Waals surface area contributed by atoms with Crippen LogP contribution in [0.1, 0.15) is 28.3 Å². The zero-order valence-electron chi connectivity index (χ0n) is 14.5. The van der Waals surface area contributed by atoms with Crippen LogP contribution in [-0.4, -0.2) is 47.7 Å². The lowest BCUT2D eigenvalue weighted by Gasteiger charge is -2.50. The highest BCUT2D eigenvalue weighted by molar-refractivity contribution is 5.96. The Labute approximate surface area is 146 Å². The number of aryl methyl sites for hydroxylation is 2. The Morgan fingerprint density at radius 2 is 2.28 bits per heavy atom. The van der Waals surface area contributed by atoms with Crippen LogP contribution in [0.25, 0.3) is 0 Å². The minimum absolute atomic E-state index is 0.0161. The van der Waals surface area contributed by atoms with Gasteiger partial charge in [-0.25, -0.2) is 0 Å². The van der Waals surface area contributed by atoms with Crippen molar-refractivity contribution in [1.29, 1.82) is 0 Å². The molecular weight excluding hydrogens is 320 g/mol. The topological polar surface area (TPSA) is 64.8 Å². The first-order chi connectivity index (χ1) is 12.1. The van der Waals surface area contributed by atoms with Crippen molar-refractivity contribution in [3.05, 3.63) is 47.7 Å². The lowest BCUT2D eigenvalue weighted by molar-refractivity contribution is -0.122. The van der Waals surface area contributed by atoms with E-state index in [9.17, 15) is 4.79 Å². The summed E-state index contributed by atoms with van der Waals surface area (Å²) in [5, 5.41) is 0. The maximum atomic E-state index is 12.7. The smallest absolute Gasteiger partial charge is 0.257 e. The normalized spacial score (nSPS) is 21.4. The Morgan fingerprint density at radius 1 is 1.44 bits per heavy atom. The number of hydrogen-bond donors (Lipinski definition) is 0. The van der Waals surface area contributed by atoms with Crippen molar-refractivity contribution < 1.29 is 18.7 Å². The molecule has 132 valence electrons. The highest BCUT2D eigenvalue weighted by Gasteiger charge is 2.55. The van der Waals surface area contributed by atoms with Gasteiger partial charge in [-0.1, -0.05) is 0 Å². The van der Waals surface area contributed by atoms with Crippen molar-refractivity contribution in [3.8, 4) is 5.75 Å². The van der Waals surface area contributed by atoms with Crippen molar-refractivity contribution in [3.63, 3.8) is 0 Å². The van der Waals surface area contributed by atoms with Gasteiger partial charge in [-0.15, -0.1) is 0 Å². The zero-order chi connectivity index (χ0) is 17.4. The number of likely N-dealkylation sites (tertiary alicyclic amines) is 1. The first kappa shape index (κ1) is 16.1. The van der Waals surface area contributed by atoms with Crippen LogP contribution in [0.2, 0.25) is 0 Å². The molecule has 6 nitrogen and oxygen atoms in total. The number of carbonyl (C=O) groups excluding carboxylic acids is 1. The molecule has 2 fully saturated rings. The van der Waals surface area contributed by atoms with E-state index in [0.717, 1.165) is 17.9 Å². The molecule has 2 aliphatic heterocycles. The first-order valence-corrected chi connectivity index (χ1v) is 8.60. The van der Waals surface area contributed by atoms with Gasteiger partial charge in [-0.3, -0.25) is 9.78 Å². The maximum absolute atomic E-state index is 12.7. The average Bonchev–Trinajstić information content (AvgIpc) is 3.14. The summed E-state index contributed by atoms with van der Waals surface area (Å²) in [4.78, 5) is 18.6. The predicted octanol–water partition coefficient (Wildman–Crippen LogP) is 2.60. The summed E-state index contributed by atoms with van der Waals surface area (Å²) in [5.41, 5.74) is 0.374. The summed E-state index contributed by atoms with van der Waals surface area (Å²) >= 11 is 0. The molecule has 0 saturated carbocycles. The monoisotopic (exact) mass is 342 g/mol. The van der Waals surface area contributed by atoms with Gasteiger partial charge in [-0.05, 0) is 38.5 Å². The highest BCUT2D eigenvalue weighted by Crippen LogP contribution is 2.41. The standard InChI is InChI=1S/C19H22N2O4/c1-13-8-17(14(2)25-13)18(22)21-11-19(12-21)15(5-7-24-19)10-23-16-4-3-6-20-9-16/h3-4,6,8-9,15H,5,7,10-12H2,1-2H3/t15-/m1/s1. The third-order valence-electron chi connectivity index (χ3n) is 5.16. The molecule has 4 rings (SSSR count). The molecule has 0 radical (unpaired) electrons. The van der Waals surface area contributed by atoms with Crippen LogP contribution in [-0.2, 0) is 4.74 Å². The quantitative estimate of drug-likeness (QED) is 0.854. The van der Waals surface area contributed by atoms with Gasteiger partial charge in [0, 0.05) is 18.7 Å². The molecule has 25 heavy (non-hydrogen) atoms. The Balaban J connectivity index is 1.38. The molecule has 6 heteroatoms. The van der Waals surface area contributed by atoms with Gasteiger partial charge in [-0.2, -0.15) is 0 Å². The Hall–Kier alpha value is -2.34. The number of aromatic nitrogens is 1. The first-order valence-electron chi connectivity index (χ1n) is 8.60. The molecule has 0 aromatic carbocycles. The minimum atomic E-state index is -0.273. The Bertz CT molecular complexity index is 765. The summed E-state index contributed by atoms with van der Waals surface area (Å²) in [6, 6.07) is 5.56. The second kappa shape index (κ2) is 6.19. The van der Waals surface area contributed by atoms with E-state index in [-0.39, 0.29) is 17.4 Å². The number of amides is 1. The minimum Gasteiger partial charge on any atom is -0.492 e. The Morgan fingerprint density at radius 3 is 2.96 bits per heavy atom. The third-order valence-corrected chi connectivity index (χ3v) is 5.16. The third kappa shape index (κ3) is 2.91. The summed E-state index contributed by atoms with van der Waals surface area (Å²) in [6.07, 6.45) is 4.39. The van der Waals surface area contributed by atoms with Crippen LogP contribution in [0.4, 0.5) is 0 Å². The van der Waals surface area contributed by atoms with Gasteiger partial charge in [0.15, 0.2) is 0 Å². The molecule has 1 atom stereocenters. The van der Waals surface area contributed by atoms with E-state index in [1.807, 2.05) is 30.9 Å². The molecule has 2 saturated heterocycles. The van der Waals surface area contributed by atoms with Crippen molar-refractivity contribution in [2.75, 3.05) is 26.3 Å². The zero-order valence-corrected chi connectivity index (χ0v) is 14.5. The largest absolute Gasteiger partial charge is 0.492 e. The van der Waals surface area contributed by atoms with Crippen molar-refractivity contribution in [1.82, 2.24) is 9.88 Å². The molecule has 2 aromatic heterocycles. The summed E-state index contributed by atoms with van der Waals surface area (Å²) in [5.74, 6) is 2.50. The number of pyridine rings is 1. The number of furan rings is 1. The van der Waals surface area contributed by atoms with Crippen LogP contribution in [0.15, 0.2) is 35.0 Å². The van der Waals surface area contributed by atoms with E-state index >= 15 is 0 Å². The summed E-state index contributed by atoms with van der Waals surface area (Å²) < 4.78 is 17.4. The summed E-state index contributed by atoms with van der Waals surface area (Å²) in [7, 11) is 0. The second-order valence-electron chi connectivity index (χ2n) is 6.89. The van der Waals surface area contributed by atoms with Crippen molar-refractivity contribution >= 4 is 5.91 Å². The number of carbonyl (C=O) groups is 1. The van der Waals surface area contributed by atoms with Gasteiger partial charge in [0.25, 0.3) is 5.91 Å². The van der Waals surface area contributed by atoms with Crippen LogP contribution in [0.3, 0.4) is 0 Å². The molecule has 0 aliphatic carbocycles. The van der Waals surface area contributed by atoms with Crippen molar-refractivity contribution in [2.45, 2.75) is 25.9 Å². The molecule has 0 bridgehead atoms. The van der Waals surface area contributed by atoms with E-state index in [4.69, 9.17) is 13.9 Å². The number of nitrogens with zero attached hydrogens (tertiary/aromatic N) is 2. The van der Waals surface area contributed by atoms with E-state index in [1.165, 1.54) is 0 Å². The average molecular weight is 342 g/mol. The van der Waals surface area contributed by atoms with Gasteiger partial charge in [0.1, 0.15) is 22.9 Å². The fourth-order valence-electron chi connectivity index (χ4n) is 3.76. The lowest BCUT2D eigenvalue weighted by atomic mass is 9.81. The fourth-order valence-corrected chi connectivity index (χ4v) is 3.76. The molecule has 1 amide bonds. The van der Waals surface area contributed by atoms with Crippen LogP contribution >= 0.6 is 0 Å². The fraction of sp³-hybridized carbons (Fsp3) is 0.474. The highest BCUT2D eigenvalue weighted by atomic mass is 16.5. The van der Waals surface area contributed by atoms with Gasteiger partial charge < -0.3 is 18.8 Å². The second-order valence-corrected chi connectivity index (χ2v) is 6.89. The SMILES string of the molecule is Cc1cc(C(=O)N2CC3(C2)OCC[C@@H]3COc2cccnc2)c(C)o1. The molecule has 0 unspecified atom stereocenters. The van der Waals surface area contributed by atoms with Crippen LogP contribution in [0, 0.1) is 19.8 Å². The Kier molecular flexibility index (Phi) is 4.00. The molecule has 2 aromatic rings. The van der Waals surface area contributed by atoms with Gasteiger partial charge >= 0.3 is 0 Å². The molecular formula is C19H22N2O4. The van der Waals surface area contributed by atoms with E-state index < -0.39 is 0 Å². The van der Waals surface area contributed by atoms with Gasteiger partial charge in [0.05, 0.1) is 31.5 Å². The predicted molar refractivity (Wildman–Crippen MR) is 90.6 cm³/mol. The van der Waals surface area contributed by atoms with Crippen LogP contribution in [0.5, 0.6) is 5.75 Å². The van der Waals surface area contributed by atoms with Gasteiger partial charge in [0.2, 0.25) is 0 Å². The molecule has 1 spiro atoms. The number of hydrogen-bond acceptors (Lipinski definition) is 5. The number of ether oxygens (including phenoxy) is 2. The molecule has 2 aliphatic rings. The molecule has 4 heterocycles. The van der Waals surface area contributed by atoms with E-state index in [1.54, 1.807) is 18.5 Å². The van der Waals surface area contributed by atoms with E-state index in [2.05, 4.69) is 4.98 Å². The maximum Gasteiger partial charge on any atom is 0.257 e. The summed E-state index contributed by atoms with van der Waals surface area (Å²) in [6.45, 7) is 6.19. The lowest BCUT2D eigenvalue weighted by Crippen LogP contribution is -2.66.